The van der Waals surface area contributed by atoms with E-state index in [0.717, 1.165) is 0 Å². The number of methoxy groups -OCH3 is 1. The molecule has 3 aliphatic rings. The number of allylic oxidation sites excluding steroid dienone is 1. The van der Waals surface area contributed by atoms with Crippen LogP contribution in [0.3, 0.4) is 0 Å². The Labute approximate surface area is 321 Å². The van der Waals surface area contributed by atoms with Crippen molar-refractivity contribution in [2.24, 2.45) is 17.8 Å². The number of amides is 3. The van der Waals surface area contributed by atoms with Gasteiger partial charge in [0.25, 0.3) is 5.91 Å². The van der Waals surface area contributed by atoms with Crippen molar-refractivity contribution in [1.29, 1.82) is 0 Å². The molecular weight excluding hydrogens is 742 g/mol. The predicted octanol–water partition coefficient (Wildman–Crippen LogP) is 5.47. The summed E-state index contributed by atoms with van der Waals surface area (Å²) < 4.78 is 18.5. The number of likely N-dealkylation sites (tertiary alicyclic amines) is 1. The molecule has 1 N–H and O–H groups in total. The molecule has 0 saturated carbocycles. The van der Waals surface area contributed by atoms with Gasteiger partial charge in [-0.2, -0.15) is 0 Å². The first kappa shape index (κ1) is 40.2. The van der Waals surface area contributed by atoms with E-state index in [9.17, 15) is 19.5 Å². The Kier molecular flexibility index (Phi) is 12.9. The van der Waals surface area contributed by atoms with Gasteiger partial charge in [0.05, 0.1) is 43.7 Å². The highest BCUT2D eigenvalue weighted by Gasteiger charge is 2.78. The van der Waals surface area contributed by atoms with E-state index >= 15 is 4.79 Å². The van der Waals surface area contributed by atoms with Gasteiger partial charge in [-0.3, -0.25) is 19.2 Å². The molecule has 286 valence electrons. The number of rotatable bonds is 17. The molecule has 3 aliphatic heterocycles. The van der Waals surface area contributed by atoms with Crippen LogP contribution in [0.1, 0.15) is 58.1 Å². The van der Waals surface area contributed by atoms with Crippen molar-refractivity contribution in [2.75, 3.05) is 32.2 Å². The van der Waals surface area contributed by atoms with Crippen LogP contribution in [0.5, 0.6) is 5.75 Å². The third-order valence-electron chi connectivity index (χ3n) is 11.4. The normalized spacial score (nSPS) is 26.6. The van der Waals surface area contributed by atoms with E-state index in [4.69, 9.17) is 14.2 Å². The number of nitrogens with zero attached hydrogens (tertiary/aromatic N) is 3. The molecular formula is C41H52BrN3O8. The summed E-state index contributed by atoms with van der Waals surface area (Å²) in [6, 6.07) is 13.8. The van der Waals surface area contributed by atoms with Gasteiger partial charge in [0, 0.05) is 30.5 Å². The number of aliphatic hydroxyl groups excluding tert-OH is 1. The number of carbonyl (C=O) groups excluding carboxylic acids is 4. The maximum atomic E-state index is 15.1. The molecule has 2 bridgehead atoms. The van der Waals surface area contributed by atoms with Crippen LogP contribution in [0.25, 0.3) is 0 Å². The van der Waals surface area contributed by atoms with Crippen molar-refractivity contribution < 1.29 is 38.5 Å². The summed E-state index contributed by atoms with van der Waals surface area (Å²) in [6.07, 6.45) is 3.35. The Morgan fingerprint density at radius 1 is 1.11 bits per heavy atom. The van der Waals surface area contributed by atoms with Crippen LogP contribution >= 0.6 is 15.9 Å². The van der Waals surface area contributed by atoms with Crippen LogP contribution in [0.4, 0.5) is 5.69 Å². The van der Waals surface area contributed by atoms with E-state index in [1.165, 1.54) is 4.90 Å². The Hall–Kier alpha value is -4.00. The molecule has 3 fully saturated rings. The molecule has 3 saturated heterocycles. The van der Waals surface area contributed by atoms with Gasteiger partial charge in [0.2, 0.25) is 11.8 Å². The minimum absolute atomic E-state index is 0.124. The van der Waals surface area contributed by atoms with Gasteiger partial charge >= 0.3 is 5.97 Å². The fourth-order valence-electron chi connectivity index (χ4n) is 8.27. The van der Waals surface area contributed by atoms with Crippen molar-refractivity contribution >= 4 is 45.3 Å². The SMILES string of the molecule is C=CCCC(=O)N(C)[C@H](C)[C@H](OC(=O)[C@@H]1[C@H]2O[C@@]3(CC2Br)[C@H](C(=O)N(CC=C)c2ccc(OC)cc2)N([C@@H](CO)[C@@H](C)CC)C(=O)[C@@H]13)c1ccccc1. The summed E-state index contributed by atoms with van der Waals surface area (Å²) in [4.78, 5) is 62.0. The fourth-order valence-corrected chi connectivity index (χ4v) is 9.22. The molecule has 0 aromatic heterocycles. The second kappa shape index (κ2) is 17.0. The van der Waals surface area contributed by atoms with Crippen molar-refractivity contribution in [3.63, 3.8) is 0 Å². The van der Waals surface area contributed by atoms with Crippen molar-refractivity contribution in [1.82, 2.24) is 9.80 Å². The third-order valence-corrected chi connectivity index (χ3v) is 12.3. The highest BCUT2D eigenvalue weighted by molar-refractivity contribution is 9.09. The highest BCUT2D eigenvalue weighted by Crippen LogP contribution is 2.61. The fraction of sp³-hybridized carbons (Fsp3) is 0.512. The zero-order valence-corrected chi connectivity index (χ0v) is 32.8. The largest absolute Gasteiger partial charge is 0.497 e. The number of likely N-dealkylation sites (N-methyl/N-ethyl adjacent to an activating group) is 1. The molecule has 1 spiro atoms. The van der Waals surface area contributed by atoms with E-state index in [-0.39, 0.29) is 42.6 Å². The molecule has 1 unspecified atom stereocenters. The first-order chi connectivity index (χ1) is 25.4. The number of ether oxygens (including phenoxy) is 3. The summed E-state index contributed by atoms with van der Waals surface area (Å²) in [6.45, 7) is 13.1. The second-order valence-electron chi connectivity index (χ2n) is 14.3. The smallest absolute Gasteiger partial charge is 0.313 e. The second-order valence-corrected chi connectivity index (χ2v) is 15.5. The lowest BCUT2D eigenvalue weighted by molar-refractivity contribution is -0.165. The Balaban J connectivity index is 1.57. The summed E-state index contributed by atoms with van der Waals surface area (Å²) in [7, 11) is 3.24. The van der Waals surface area contributed by atoms with Crippen LogP contribution in [0.15, 0.2) is 79.9 Å². The molecule has 12 heteroatoms. The molecule has 5 rings (SSSR count). The van der Waals surface area contributed by atoms with Crippen molar-refractivity contribution in [3.8, 4) is 5.75 Å². The van der Waals surface area contributed by atoms with Gasteiger partial charge < -0.3 is 34.0 Å². The van der Waals surface area contributed by atoms with E-state index in [0.29, 0.717) is 29.8 Å². The van der Waals surface area contributed by atoms with Gasteiger partial charge in [0.15, 0.2) is 0 Å². The van der Waals surface area contributed by atoms with Crippen LogP contribution < -0.4 is 9.64 Å². The maximum absolute atomic E-state index is 15.1. The number of alkyl halides is 1. The molecule has 10 atom stereocenters. The van der Waals surface area contributed by atoms with Crippen molar-refractivity contribution in [3.05, 3.63) is 85.5 Å². The lowest BCUT2D eigenvalue weighted by Gasteiger charge is -2.41. The summed E-state index contributed by atoms with van der Waals surface area (Å²) >= 11 is 3.76. The van der Waals surface area contributed by atoms with E-state index in [2.05, 4.69) is 29.1 Å². The Bertz CT molecular complexity index is 1660. The molecule has 3 heterocycles. The van der Waals surface area contributed by atoms with Crippen LogP contribution in [-0.2, 0) is 28.7 Å². The number of aliphatic hydroxyl groups is 1. The third kappa shape index (κ3) is 7.42. The zero-order valence-electron chi connectivity index (χ0n) is 31.2. The van der Waals surface area contributed by atoms with E-state index < -0.39 is 65.6 Å². The van der Waals surface area contributed by atoms with Crippen molar-refractivity contribution in [2.45, 2.75) is 87.2 Å². The van der Waals surface area contributed by atoms with Gasteiger partial charge in [-0.15, -0.1) is 13.2 Å². The minimum Gasteiger partial charge on any atom is -0.497 e. The van der Waals surface area contributed by atoms with E-state index in [1.807, 2.05) is 51.1 Å². The first-order valence-electron chi connectivity index (χ1n) is 18.3. The van der Waals surface area contributed by atoms with Gasteiger partial charge in [0.1, 0.15) is 23.5 Å². The lowest BCUT2D eigenvalue weighted by atomic mass is 9.70. The van der Waals surface area contributed by atoms with Crippen LogP contribution in [-0.4, -0.2) is 101 Å². The number of benzene rings is 2. The predicted molar refractivity (Wildman–Crippen MR) is 205 cm³/mol. The number of halogens is 1. The molecule has 11 nitrogen and oxygen atoms in total. The van der Waals surface area contributed by atoms with Crippen LogP contribution in [0.2, 0.25) is 0 Å². The number of carbonyl (C=O) groups is 4. The number of hydrogen-bond acceptors (Lipinski definition) is 8. The van der Waals surface area contributed by atoms with Gasteiger partial charge in [-0.1, -0.05) is 78.7 Å². The lowest BCUT2D eigenvalue weighted by Crippen LogP contribution is -2.60. The average molecular weight is 795 g/mol. The number of esters is 1. The highest BCUT2D eigenvalue weighted by atomic mass is 79.9. The van der Waals surface area contributed by atoms with E-state index in [1.54, 1.807) is 60.4 Å². The molecule has 2 aromatic carbocycles. The molecule has 3 amide bonds. The Morgan fingerprint density at radius 2 is 1.79 bits per heavy atom. The number of hydrogen-bond donors (Lipinski definition) is 1. The molecule has 2 aromatic rings. The number of anilines is 1. The summed E-state index contributed by atoms with van der Waals surface area (Å²) in [5, 5.41) is 10.8. The molecule has 53 heavy (non-hydrogen) atoms. The van der Waals surface area contributed by atoms with Gasteiger partial charge in [-0.25, -0.2) is 0 Å². The first-order valence-corrected chi connectivity index (χ1v) is 19.2. The molecule has 0 radical (unpaired) electrons. The Morgan fingerprint density at radius 3 is 2.38 bits per heavy atom. The summed E-state index contributed by atoms with van der Waals surface area (Å²) in [5.41, 5.74) is -0.137. The zero-order chi connectivity index (χ0) is 38.6. The minimum atomic E-state index is -1.39. The standard InChI is InChI=1S/C41H52BrN3O8/c1-8-11-17-32(47)43(6)26(5)35(27-15-13-12-14-16-27)52-40(50)33-34-38(48)45(31(24-46)25(4)10-3)37(41(34)23-30(42)36(33)53-41)39(49)44(22-9-2)28-18-20-29(51-7)21-19-28/h8-9,12-16,18-21,25-26,30-31,33-37,46H,1-2,10-11,17,22-24H2,3-7H3/t25-,26+,30?,31-,33-,34+,35-,36-,37-,41+/m0/s1. The average Bonchev–Trinajstić information content (AvgIpc) is 3.77. The maximum Gasteiger partial charge on any atom is 0.313 e. The molecule has 0 aliphatic carbocycles. The summed E-state index contributed by atoms with van der Waals surface area (Å²) in [5.74, 6) is -3.29. The van der Waals surface area contributed by atoms with Gasteiger partial charge in [-0.05, 0) is 55.5 Å². The monoisotopic (exact) mass is 793 g/mol. The quantitative estimate of drug-likeness (QED) is 0.127. The number of fused-ring (bicyclic) bond motifs is 1. The topological polar surface area (TPSA) is 126 Å². The van der Waals surface area contributed by atoms with Crippen LogP contribution in [0, 0.1) is 17.8 Å².